The molecule has 0 atom stereocenters. The molecule has 2 aromatic carbocycles. The third-order valence-electron chi connectivity index (χ3n) is 4.26. The van der Waals surface area contributed by atoms with E-state index in [9.17, 15) is 14.0 Å². The molecule has 2 N–H and O–H groups in total. The first kappa shape index (κ1) is 20.0. The summed E-state index contributed by atoms with van der Waals surface area (Å²) in [4.78, 5) is 31.0. The average molecular weight is 392 g/mol. The summed E-state index contributed by atoms with van der Waals surface area (Å²) in [5.74, 6) is -1.07. The number of hydrogen-bond acceptors (Lipinski definition) is 4. The number of rotatable bonds is 6. The van der Waals surface area contributed by atoms with Crippen LogP contribution in [0.25, 0.3) is 0 Å². The molecule has 0 aliphatic carbocycles. The molecular weight excluding hydrogens is 371 g/mol. The van der Waals surface area contributed by atoms with Crippen molar-refractivity contribution in [3.8, 4) is 0 Å². The molecule has 0 saturated heterocycles. The van der Waals surface area contributed by atoms with Crippen molar-refractivity contribution in [3.05, 3.63) is 89.5 Å². The molecule has 3 aromatic rings. The van der Waals surface area contributed by atoms with Crippen LogP contribution in [0.2, 0.25) is 0 Å². The van der Waals surface area contributed by atoms with Gasteiger partial charge >= 0.3 is 0 Å². The second-order valence-electron chi connectivity index (χ2n) is 6.63. The molecule has 0 aliphatic rings. The molecule has 2 amide bonds. The highest BCUT2D eigenvalue weighted by Crippen LogP contribution is 2.23. The van der Waals surface area contributed by atoms with Gasteiger partial charge in [0.15, 0.2) is 0 Å². The van der Waals surface area contributed by atoms with Crippen LogP contribution in [0.4, 0.5) is 15.8 Å². The van der Waals surface area contributed by atoms with E-state index in [0.29, 0.717) is 29.0 Å². The number of nitrogens with zero attached hydrogens (tertiary/aromatic N) is 2. The number of anilines is 2. The lowest BCUT2D eigenvalue weighted by molar-refractivity contribution is 0.0950. The lowest BCUT2D eigenvalue weighted by atomic mass is 10.1. The van der Waals surface area contributed by atoms with Crippen LogP contribution in [0.5, 0.6) is 0 Å². The number of hydrogen-bond donors (Lipinski definition) is 2. The maximum Gasteiger partial charge on any atom is 0.255 e. The molecule has 1 heterocycles. The summed E-state index contributed by atoms with van der Waals surface area (Å²) < 4.78 is 13.0. The Balaban J connectivity index is 1.78. The zero-order valence-corrected chi connectivity index (χ0v) is 16.1. The topological polar surface area (TPSA) is 74.3 Å². The fourth-order valence-electron chi connectivity index (χ4n) is 2.77. The maximum absolute atomic E-state index is 13.0. The first-order chi connectivity index (χ1) is 13.9. The summed E-state index contributed by atoms with van der Waals surface area (Å²) in [6, 6.07) is 14.0. The van der Waals surface area contributed by atoms with Gasteiger partial charge in [-0.1, -0.05) is 6.07 Å². The molecule has 0 aliphatic heterocycles. The van der Waals surface area contributed by atoms with Crippen molar-refractivity contribution in [3.63, 3.8) is 0 Å². The van der Waals surface area contributed by atoms with Gasteiger partial charge in [-0.25, -0.2) is 4.39 Å². The highest BCUT2D eigenvalue weighted by Gasteiger charge is 2.15. The van der Waals surface area contributed by atoms with E-state index in [4.69, 9.17) is 0 Å². The van der Waals surface area contributed by atoms with Gasteiger partial charge in [0, 0.05) is 50.0 Å². The largest absolute Gasteiger partial charge is 0.377 e. The fourth-order valence-corrected chi connectivity index (χ4v) is 2.77. The van der Waals surface area contributed by atoms with Crippen LogP contribution in [0, 0.1) is 5.82 Å². The molecule has 148 valence electrons. The van der Waals surface area contributed by atoms with Crippen molar-refractivity contribution in [1.82, 2.24) is 10.3 Å². The Labute approximate surface area is 168 Å². The monoisotopic (exact) mass is 392 g/mol. The predicted molar refractivity (Wildman–Crippen MR) is 111 cm³/mol. The summed E-state index contributed by atoms with van der Waals surface area (Å²) in [7, 11) is 3.67. The first-order valence-electron chi connectivity index (χ1n) is 8.99. The molecular formula is C22H21FN4O2. The summed E-state index contributed by atoms with van der Waals surface area (Å²) in [5, 5.41) is 5.61. The molecule has 0 spiro atoms. The van der Waals surface area contributed by atoms with Crippen LogP contribution in [0.15, 0.2) is 67.0 Å². The van der Waals surface area contributed by atoms with E-state index in [1.54, 1.807) is 36.7 Å². The first-order valence-corrected chi connectivity index (χ1v) is 8.99. The van der Waals surface area contributed by atoms with Crippen LogP contribution in [-0.2, 0) is 6.54 Å². The Morgan fingerprint density at radius 3 is 2.45 bits per heavy atom. The van der Waals surface area contributed by atoms with Gasteiger partial charge in [0.1, 0.15) is 5.82 Å². The zero-order chi connectivity index (χ0) is 20.8. The van der Waals surface area contributed by atoms with Crippen LogP contribution >= 0.6 is 0 Å². The van der Waals surface area contributed by atoms with Crippen molar-refractivity contribution in [2.24, 2.45) is 0 Å². The molecule has 0 fully saturated rings. The minimum absolute atomic E-state index is 0.268. The van der Waals surface area contributed by atoms with Crippen LogP contribution in [0.3, 0.4) is 0 Å². The van der Waals surface area contributed by atoms with E-state index < -0.39 is 5.82 Å². The van der Waals surface area contributed by atoms with Crippen molar-refractivity contribution >= 4 is 23.2 Å². The predicted octanol–water partition coefficient (Wildman–Crippen LogP) is 3.47. The minimum atomic E-state index is -0.413. The maximum atomic E-state index is 13.0. The van der Waals surface area contributed by atoms with Gasteiger partial charge in [-0.2, -0.15) is 0 Å². The van der Waals surface area contributed by atoms with E-state index in [1.165, 1.54) is 24.3 Å². The van der Waals surface area contributed by atoms with Crippen molar-refractivity contribution in [2.45, 2.75) is 6.54 Å². The average Bonchev–Trinajstić information content (AvgIpc) is 2.73. The number of aromatic nitrogens is 1. The molecule has 0 saturated carbocycles. The van der Waals surface area contributed by atoms with Gasteiger partial charge in [0.2, 0.25) is 0 Å². The van der Waals surface area contributed by atoms with Crippen molar-refractivity contribution in [1.29, 1.82) is 0 Å². The Bertz CT molecular complexity index is 1010. The summed E-state index contributed by atoms with van der Waals surface area (Å²) in [6.07, 6.45) is 3.36. The molecule has 1 aromatic heterocycles. The number of carbonyl (C=O) groups excluding carboxylic acids is 2. The van der Waals surface area contributed by atoms with Crippen LogP contribution in [0.1, 0.15) is 26.3 Å². The molecule has 7 heteroatoms. The fraction of sp³-hybridized carbons (Fsp3) is 0.136. The highest BCUT2D eigenvalue weighted by molar-refractivity contribution is 6.06. The van der Waals surface area contributed by atoms with Crippen molar-refractivity contribution < 1.29 is 14.0 Å². The lowest BCUT2D eigenvalue weighted by Gasteiger charge is -2.18. The van der Waals surface area contributed by atoms with Gasteiger partial charge < -0.3 is 15.5 Å². The van der Waals surface area contributed by atoms with Gasteiger partial charge in [-0.3, -0.25) is 14.6 Å². The van der Waals surface area contributed by atoms with Crippen LogP contribution in [-0.4, -0.2) is 30.9 Å². The zero-order valence-electron chi connectivity index (χ0n) is 16.1. The molecule has 0 unspecified atom stereocenters. The normalized spacial score (nSPS) is 10.3. The minimum Gasteiger partial charge on any atom is -0.377 e. The third kappa shape index (κ3) is 5.16. The van der Waals surface area contributed by atoms with Gasteiger partial charge in [0.05, 0.1) is 5.56 Å². The third-order valence-corrected chi connectivity index (χ3v) is 4.26. The molecule has 29 heavy (non-hydrogen) atoms. The SMILES string of the molecule is CN(C)c1ccc(NC(=O)c2ccc(F)cc2)cc1C(=O)NCc1cccnc1. The van der Waals surface area contributed by atoms with E-state index in [0.717, 1.165) is 5.56 Å². The van der Waals surface area contributed by atoms with E-state index in [-0.39, 0.29) is 11.8 Å². The number of halogens is 1. The molecule has 6 nitrogen and oxygen atoms in total. The highest BCUT2D eigenvalue weighted by atomic mass is 19.1. The number of benzene rings is 2. The number of pyridine rings is 1. The number of nitrogens with one attached hydrogen (secondary N) is 2. The second-order valence-corrected chi connectivity index (χ2v) is 6.63. The Morgan fingerprint density at radius 2 is 1.79 bits per heavy atom. The Kier molecular flexibility index (Phi) is 6.19. The van der Waals surface area contributed by atoms with Crippen LogP contribution < -0.4 is 15.5 Å². The van der Waals surface area contributed by atoms with Gasteiger partial charge in [-0.05, 0) is 54.1 Å². The smallest absolute Gasteiger partial charge is 0.255 e. The van der Waals surface area contributed by atoms with E-state index >= 15 is 0 Å². The number of amides is 2. The summed E-state index contributed by atoms with van der Waals surface area (Å²) in [6.45, 7) is 0.339. The lowest BCUT2D eigenvalue weighted by Crippen LogP contribution is -2.25. The quantitative estimate of drug-likeness (QED) is 0.674. The van der Waals surface area contributed by atoms with Gasteiger partial charge in [-0.15, -0.1) is 0 Å². The second kappa shape index (κ2) is 8.97. The summed E-state index contributed by atoms with van der Waals surface area (Å²) >= 11 is 0. The van der Waals surface area contributed by atoms with Gasteiger partial charge in [0.25, 0.3) is 11.8 Å². The Morgan fingerprint density at radius 1 is 1.03 bits per heavy atom. The Hall–Kier alpha value is -3.74. The molecule has 3 rings (SSSR count). The van der Waals surface area contributed by atoms with Crippen molar-refractivity contribution in [2.75, 3.05) is 24.3 Å². The summed E-state index contributed by atoms with van der Waals surface area (Å²) in [5.41, 5.74) is 2.82. The molecule has 0 bridgehead atoms. The van der Waals surface area contributed by atoms with E-state index in [1.807, 2.05) is 25.1 Å². The number of carbonyl (C=O) groups is 2. The van der Waals surface area contributed by atoms with E-state index in [2.05, 4.69) is 15.6 Å². The molecule has 0 radical (unpaired) electrons. The standard InChI is InChI=1S/C22H21FN4O2/c1-27(2)20-10-9-18(26-21(28)16-5-7-17(23)8-6-16)12-19(20)22(29)25-14-15-4-3-11-24-13-15/h3-13H,14H2,1-2H3,(H,25,29)(H,26,28).